The third-order valence-electron chi connectivity index (χ3n) is 3.70. The van der Waals surface area contributed by atoms with Gasteiger partial charge < -0.3 is 0 Å². The lowest BCUT2D eigenvalue weighted by molar-refractivity contribution is 0.339. The van der Waals surface area contributed by atoms with Crippen molar-refractivity contribution in [2.75, 3.05) is 6.54 Å². The third kappa shape index (κ3) is 4.28. The molecule has 1 saturated carbocycles. The lowest BCUT2D eigenvalue weighted by Gasteiger charge is -2.21. The average Bonchev–Trinajstić information content (AvgIpc) is 2.70. The zero-order valence-corrected chi connectivity index (χ0v) is 14.3. The van der Waals surface area contributed by atoms with Gasteiger partial charge in [0.15, 0.2) is 0 Å². The minimum atomic E-state index is -3.34. The fourth-order valence-corrected chi connectivity index (χ4v) is 6.11. The van der Waals surface area contributed by atoms with Crippen LogP contribution in [0.2, 0.25) is 0 Å². The molecule has 3 nitrogen and oxygen atoms in total. The molecule has 1 aromatic heterocycles. The second-order valence-electron chi connectivity index (χ2n) is 5.16. The molecule has 0 bridgehead atoms. The summed E-state index contributed by atoms with van der Waals surface area (Å²) in [5, 5.41) is 0. The monoisotopic (exact) mass is 365 g/mol. The first kappa shape index (κ1) is 15.5. The number of hydrogen-bond donors (Lipinski definition) is 1. The van der Waals surface area contributed by atoms with Crippen LogP contribution in [0.25, 0.3) is 0 Å². The summed E-state index contributed by atoms with van der Waals surface area (Å²) in [5.41, 5.74) is 0. The highest BCUT2D eigenvalue weighted by Gasteiger charge is 2.20. The minimum Gasteiger partial charge on any atom is -0.211 e. The number of halogens is 1. The molecule has 1 aliphatic carbocycles. The Bertz CT molecular complexity index is 519. The van der Waals surface area contributed by atoms with Crippen LogP contribution < -0.4 is 4.72 Å². The van der Waals surface area contributed by atoms with Gasteiger partial charge in [0.05, 0.1) is 8.68 Å². The number of sulfonamides is 1. The fraction of sp³-hybridized carbons (Fsp3) is 0.692. The van der Waals surface area contributed by atoms with Crippen LogP contribution in [0.5, 0.6) is 0 Å². The van der Waals surface area contributed by atoms with Gasteiger partial charge in [0, 0.05) is 11.4 Å². The fourth-order valence-electron chi connectivity index (χ4n) is 2.65. The Kier molecular flexibility index (Phi) is 5.45. The molecule has 108 valence electrons. The Hall–Kier alpha value is 0.0900. The number of thiophene rings is 1. The van der Waals surface area contributed by atoms with Crippen molar-refractivity contribution < 1.29 is 8.42 Å². The molecule has 0 atom stereocenters. The van der Waals surface area contributed by atoms with Gasteiger partial charge in [0.1, 0.15) is 0 Å². The van der Waals surface area contributed by atoms with Gasteiger partial charge >= 0.3 is 0 Å². The van der Waals surface area contributed by atoms with Gasteiger partial charge in [0.2, 0.25) is 10.0 Å². The van der Waals surface area contributed by atoms with E-state index in [1.165, 1.54) is 43.4 Å². The van der Waals surface area contributed by atoms with E-state index in [4.69, 9.17) is 0 Å². The van der Waals surface area contributed by atoms with Crippen LogP contribution in [0.15, 0.2) is 14.7 Å². The maximum absolute atomic E-state index is 12.2. The summed E-state index contributed by atoms with van der Waals surface area (Å²) in [4.78, 5) is 1.24. The van der Waals surface area contributed by atoms with E-state index in [1.54, 1.807) is 6.07 Å². The maximum atomic E-state index is 12.2. The Labute approximate surface area is 128 Å². The van der Waals surface area contributed by atoms with Crippen molar-refractivity contribution in [2.24, 2.45) is 5.92 Å². The lowest BCUT2D eigenvalue weighted by atomic mass is 9.87. The molecule has 0 aliphatic heterocycles. The van der Waals surface area contributed by atoms with Crippen LogP contribution in [0.4, 0.5) is 0 Å². The molecule has 1 N–H and O–H groups in total. The second-order valence-corrected chi connectivity index (χ2v) is 9.53. The number of rotatable bonds is 5. The molecular weight excluding hydrogens is 346 g/mol. The topological polar surface area (TPSA) is 46.2 Å². The van der Waals surface area contributed by atoms with Crippen molar-refractivity contribution >= 4 is 37.3 Å². The van der Waals surface area contributed by atoms with Gasteiger partial charge in [-0.3, -0.25) is 0 Å². The molecule has 0 amide bonds. The van der Waals surface area contributed by atoms with Crippen molar-refractivity contribution in [2.45, 2.75) is 50.3 Å². The van der Waals surface area contributed by atoms with E-state index >= 15 is 0 Å². The minimum absolute atomic E-state index is 0.410. The van der Waals surface area contributed by atoms with Crippen molar-refractivity contribution in [3.8, 4) is 0 Å². The smallest absolute Gasteiger partial charge is 0.211 e. The van der Waals surface area contributed by atoms with E-state index in [2.05, 4.69) is 20.7 Å². The van der Waals surface area contributed by atoms with Crippen LogP contribution >= 0.6 is 27.3 Å². The van der Waals surface area contributed by atoms with Crippen LogP contribution in [-0.4, -0.2) is 15.0 Å². The first-order chi connectivity index (χ1) is 8.99. The summed E-state index contributed by atoms with van der Waals surface area (Å²) in [7, 11) is -3.34. The van der Waals surface area contributed by atoms with E-state index < -0.39 is 10.0 Å². The van der Waals surface area contributed by atoms with E-state index in [9.17, 15) is 8.42 Å². The first-order valence-corrected chi connectivity index (χ1v) is 9.84. The summed E-state index contributed by atoms with van der Waals surface area (Å²) in [5.74, 6) is 0.701. The largest absolute Gasteiger partial charge is 0.241 e. The zero-order valence-electron chi connectivity index (χ0n) is 11.1. The summed E-state index contributed by atoms with van der Waals surface area (Å²) < 4.78 is 28.0. The summed E-state index contributed by atoms with van der Waals surface area (Å²) in [6.45, 7) is 2.39. The van der Waals surface area contributed by atoms with Crippen molar-refractivity contribution in [3.05, 3.63) is 14.7 Å². The number of nitrogens with one attached hydrogen (secondary N) is 1. The summed E-state index contributed by atoms with van der Waals surface area (Å²) >= 11 is 4.79. The van der Waals surface area contributed by atoms with E-state index in [1.807, 2.05) is 6.92 Å². The van der Waals surface area contributed by atoms with Crippen molar-refractivity contribution in [1.82, 2.24) is 4.72 Å². The molecule has 19 heavy (non-hydrogen) atoms. The molecule has 1 fully saturated rings. The zero-order chi connectivity index (χ0) is 13.9. The molecule has 0 radical (unpaired) electrons. The van der Waals surface area contributed by atoms with Crippen molar-refractivity contribution in [3.63, 3.8) is 0 Å². The second kappa shape index (κ2) is 6.70. The average molecular weight is 366 g/mol. The van der Waals surface area contributed by atoms with Crippen LogP contribution in [0.3, 0.4) is 0 Å². The van der Waals surface area contributed by atoms with E-state index in [0.29, 0.717) is 17.4 Å². The molecule has 0 spiro atoms. The van der Waals surface area contributed by atoms with E-state index in [0.717, 1.165) is 15.1 Å². The third-order valence-corrected chi connectivity index (χ3v) is 6.97. The van der Waals surface area contributed by atoms with Gasteiger partial charge in [-0.1, -0.05) is 32.1 Å². The molecule has 1 aromatic rings. The molecule has 1 heterocycles. The number of hydrogen-bond acceptors (Lipinski definition) is 3. The Morgan fingerprint density at radius 1 is 1.37 bits per heavy atom. The maximum Gasteiger partial charge on any atom is 0.241 e. The van der Waals surface area contributed by atoms with Gasteiger partial charge in [-0.15, -0.1) is 11.3 Å². The summed E-state index contributed by atoms with van der Waals surface area (Å²) in [6.07, 6.45) is 7.41. The van der Waals surface area contributed by atoms with Gasteiger partial charge in [-0.05, 0) is 41.3 Å². The van der Waals surface area contributed by atoms with Gasteiger partial charge in [0.25, 0.3) is 0 Å². The Morgan fingerprint density at radius 2 is 2.05 bits per heavy atom. The first-order valence-electron chi connectivity index (χ1n) is 6.74. The predicted molar refractivity (Wildman–Crippen MR) is 83.1 cm³/mol. The van der Waals surface area contributed by atoms with Crippen LogP contribution in [0, 0.1) is 12.8 Å². The molecular formula is C13H20BrNO2S2. The SMILES string of the molecule is Cc1sc(Br)cc1S(=O)(=O)NCCC1CCCCC1. The Balaban J connectivity index is 1.89. The quantitative estimate of drug-likeness (QED) is 0.854. The lowest BCUT2D eigenvalue weighted by Crippen LogP contribution is -2.26. The molecule has 0 aromatic carbocycles. The van der Waals surface area contributed by atoms with Gasteiger partial charge in [-0.2, -0.15) is 0 Å². The van der Waals surface area contributed by atoms with Crippen LogP contribution in [-0.2, 0) is 10.0 Å². The molecule has 0 unspecified atom stereocenters. The van der Waals surface area contributed by atoms with E-state index in [-0.39, 0.29) is 0 Å². The van der Waals surface area contributed by atoms with Gasteiger partial charge in [-0.25, -0.2) is 13.1 Å². The number of aryl methyl sites for hydroxylation is 1. The molecule has 1 aliphatic rings. The Morgan fingerprint density at radius 3 is 2.63 bits per heavy atom. The highest BCUT2D eigenvalue weighted by atomic mass is 79.9. The standard InChI is InChI=1S/C13H20BrNO2S2/c1-10-12(9-13(14)18-10)19(16,17)15-8-7-11-5-3-2-4-6-11/h9,11,15H,2-8H2,1H3. The van der Waals surface area contributed by atoms with Crippen LogP contribution in [0.1, 0.15) is 43.4 Å². The molecule has 6 heteroatoms. The highest BCUT2D eigenvalue weighted by Crippen LogP contribution is 2.30. The molecule has 0 saturated heterocycles. The van der Waals surface area contributed by atoms with Crippen molar-refractivity contribution in [1.29, 1.82) is 0 Å². The summed E-state index contributed by atoms with van der Waals surface area (Å²) in [6, 6.07) is 1.68. The highest BCUT2D eigenvalue weighted by molar-refractivity contribution is 9.11. The normalized spacial score (nSPS) is 17.8. The molecule has 2 rings (SSSR count). The predicted octanol–water partition coefficient (Wildman–Crippen LogP) is 4.07.